The van der Waals surface area contributed by atoms with E-state index in [0.29, 0.717) is 43.9 Å². The average molecular weight is 919 g/mol. The molecule has 4 atom stereocenters. The molecule has 6 rings (SSSR count). The van der Waals surface area contributed by atoms with Gasteiger partial charge >= 0.3 is 0 Å². The van der Waals surface area contributed by atoms with Crippen LogP contribution in [0.25, 0.3) is 21.3 Å². The number of hydrogen-bond acceptors (Lipinski definition) is 16. The fourth-order valence-electron chi connectivity index (χ4n) is 7.24. The molecule has 1 fully saturated rings. The zero-order chi connectivity index (χ0) is 45.8. The Morgan fingerprint density at radius 1 is 1.00 bits per heavy atom. The number of aliphatic hydroxyl groups is 2. The molecule has 1 aliphatic heterocycles. The summed E-state index contributed by atoms with van der Waals surface area (Å²) in [6.45, 7) is 10.3. The fraction of sp³-hybridized carbons (Fsp3) is 0.477. The Hall–Kier alpha value is -5.06. The molecule has 2 aromatic carbocycles. The maximum absolute atomic E-state index is 13.9. The molecule has 3 amide bonds. The van der Waals surface area contributed by atoms with Crippen molar-refractivity contribution in [1.29, 1.82) is 0 Å². The van der Waals surface area contributed by atoms with E-state index < -0.39 is 35.7 Å². The van der Waals surface area contributed by atoms with Crippen LogP contribution in [0.3, 0.4) is 0 Å². The van der Waals surface area contributed by atoms with Gasteiger partial charge in [-0.2, -0.15) is 0 Å². The van der Waals surface area contributed by atoms with Crippen LogP contribution >= 0.6 is 23.1 Å². The average Bonchev–Trinajstić information content (AvgIpc) is 4.01. The van der Waals surface area contributed by atoms with Gasteiger partial charge in [0.25, 0.3) is 0 Å². The molecule has 64 heavy (non-hydrogen) atoms. The standard InChI is InChI=1S/C44H58N10O8S2/c1-27-37(64-26-47-27)29-11-9-28(10-12-29)24-46-41(58)34-23-30(55)25-54(34)42(59)38(44(2,3)4)49-35(56)14-17-60-19-21-62-22-20-61-18-16-53-15-13-31-32(7-6-8-33(31)53)48-40-36(39(45)57)51-52-43(50-40)63-5/h6-13,15,26,30,34,38-39,55,57H,14,16-25,45H2,1-5H3,(H,46,58)(H,49,56)(H,48,50,52)/t30-,34+,38-,39?/m1/s1. The highest BCUT2D eigenvalue weighted by Gasteiger charge is 2.44. The van der Waals surface area contributed by atoms with Crippen LogP contribution in [0.15, 0.2) is 65.4 Å². The van der Waals surface area contributed by atoms with Gasteiger partial charge in [0.2, 0.25) is 22.9 Å². The van der Waals surface area contributed by atoms with Crippen molar-refractivity contribution >= 4 is 63.2 Å². The van der Waals surface area contributed by atoms with E-state index >= 15 is 0 Å². The largest absolute Gasteiger partial charge is 0.391 e. The van der Waals surface area contributed by atoms with Crippen LogP contribution in [-0.4, -0.2) is 128 Å². The smallest absolute Gasteiger partial charge is 0.246 e. The van der Waals surface area contributed by atoms with Gasteiger partial charge in [-0.1, -0.05) is 62.9 Å². The molecule has 1 unspecified atom stereocenters. The maximum atomic E-state index is 13.9. The molecule has 0 radical (unpaired) electrons. The lowest BCUT2D eigenvalue weighted by Crippen LogP contribution is -2.57. The van der Waals surface area contributed by atoms with Crippen LogP contribution in [0.4, 0.5) is 11.5 Å². The zero-order valence-electron chi connectivity index (χ0n) is 36.8. The predicted octanol–water partition coefficient (Wildman–Crippen LogP) is 3.92. The molecular weight excluding hydrogens is 861 g/mol. The van der Waals surface area contributed by atoms with E-state index in [9.17, 15) is 24.6 Å². The van der Waals surface area contributed by atoms with E-state index in [4.69, 9.17) is 19.9 Å². The van der Waals surface area contributed by atoms with Crippen molar-refractivity contribution in [1.82, 2.24) is 40.3 Å². The minimum atomic E-state index is -1.33. The Morgan fingerprint density at radius 2 is 1.72 bits per heavy atom. The third-order valence-corrected chi connectivity index (χ3v) is 12.1. The maximum Gasteiger partial charge on any atom is 0.246 e. The molecule has 7 N–H and O–H groups in total. The molecule has 3 aromatic heterocycles. The fourth-order valence-corrected chi connectivity index (χ4v) is 8.35. The second-order valence-electron chi connectivity index (χ2n) is 16.4. The van der Waals surface area contributed by atoms with E-state index in [1.807, 2.05) is 94.2 Å². The monoisotopic (exact) mass is 918 g/mol. The number of β-amino-alcohol motifs (C(OH)–C–C–N with tert-alkyl or cyclic N) is 1. The summed E-state index contributed by atoms with van der Waals surface area (Å²) in [6, 6.07) is 13.9. The van der Waals surface area contributed by atoms with E-state index in [2.05, 4.69) is 40.7 Å². The summed E-state index contributed by atoms with van der Waals surface area (Å²) in [7, 11) is 0. The third kappa shape index (κ3) is 12.8. The van der Waals surface area contributed by atoms with Gasteiger partial charge in [-0.25, -0.2) is 9.97 Å². The number of carbonyl (C=O) groups excluding carboxylic acids is 3. The number of nitrogens with zero attached hydrogens (tertiary/aromatic N) is 6. The first-order chi connectivity index (χ1) is 30.7. The van der Waals surface area contributed by atoms with Gasteiger partial charge in [0.05, 0.1) is 67.3 Å². The van der Waals surface area contributed by atoms with Gasteiger partial charge in [0.1, 0.15) is 17.8 Å². The molecule has 0 bridgehead atoms. The summed E-state index contributed by atoms with van der Waals surface area (Å²) < 4.78 is 19.2. The van der Waals surface area contributed by atoms with Gasteiger partial charge in [-0.3, -0.25) is 14.4 Å². The molecule has 0 saturated carbocycles. The highest BCUT2D eigenvalue weighted by Crippen LogP contribution is 2.31. The molecule has 18 nitrogen and oxygen atoms in total. The van der Waals surface area contributed by atoms with Crippen LogP contribution in [0, 0.1) is 12.3 Å². The van der Waals surface area contributed by atoms with Gasteiger partial charge in [0, 0.05) is 49.7 Å². The predicted molar refractivity (Wildman–Crippen MR) is 245 cm³/mol. The molecule has 344 valence electrons. The topological polar surface area (TPSA) is 241 Å². The Labute approximate surface area is 380 Å². The number of hydrogen-bond donors (Lipinski definition) is 6. The first-order valence-corrected chi connectivity index (χ1v) is 23.2. The van der Waals surface area contributed by atoms with Crippen molar-refractivity contribution in [3.63, 3.8) is 0 Å². The number of aliphatic hydroxyl groups excluding tert-OH is 2. The third-order valence-electron chi connectivity index (χ3n) is 10.6. The van der Waals surface area contributed by atoms with Crippen molar-refractivity contribution in [2.75, 3.05) is 57.8 Å². The summed E-state index contributed by atoms with van der Waals surface area (Å²) in [4.78, 5) is 51.6. The van der Waals surface area contributed by atoms with E-state index in [1.165, 1.54) is 16.7 Å². The highest BCUT2D eigenvalue weighted by molar-refractivity contribution is 7.98. The van der Waals surface area contributed by atoms with Crippen LogP contribution in [-0.2, 0) is 41.7 Å². The van der Waals surface area contributed by atoms with Crippen LogP contribution in [0.5, 0.6) is 0 Å². The molecule has 4 heterocycles. The van der Waals surface area contributed by atoms with Crippen LogP contribution in [0.1, 0.15) is 56.8 Å². The Balaban J connectivity index is 0.868. The molecule has 5 aromatic rings. The first-order valence-electron chi connectivity index (χ1n) is 21.1. The Morgan fingerprint density at radius 3 is 2.39 bits per heavy atom. The van der Waals surface area contributed by atoms with Crippen LogP contribution < -0.4 is 21.7 Å². The van der Waals surface area contributed by atoms with Crippen molar-refractivity contribution in [3.05, 3.63) is 77.2 Å². The molecule has 0 aliphatic carbocycles. The number of ether oxygens (including phenoxy) is 3. The Kier molecular flexibility index (Phi) is 17.2. The highest BCUT2D eigenvalue weighted by atomic mass is 32.2. The van der Waals surface area contributed by atoms with Gasteiger partial charge in [0.15, 0.2) is 12.0 Å². The SMILES string of the molecule is CSc1nnc(C(N)O)c(Nc2cccc3c2ccn3CCOCCOCCOCCC(=O)N[C@H](C(=O)N2C[C@H](O)C[C@H]2C(=O)NCc2ccc(-c3scnc3C)cc2)C(C)(C)C)n1. The summed E-state index contributed by atoms with van der Waals surface area (Å²) in [6.07, 6.45) is 1.74. The second kappa shape index (κ2) is 22.7. The number of benzene rings is 2. The van der Waals surface area contributed by atoms with Gasteiger partial charge < -0.3 is 55.6 Å². The van der Waals surface area contributed by atoms with Crippen molar-refractivity contribution in [2.45, 2.75) is 83.2 Å². The number of aryl methyl sites for hydroxylation is 1. The Bertz CT molecular complexity index is 2330. The minimum Gasteiger partial charge on any atom is -0.391 e. The number of nitrogens with two attached hydrogens (primary N) is 1. The number of aromatic nitrogens is 5. The second-order valence-corrected chi connectivity index (χ2v) is 18.0. The quantitative estimate of drug-likeness (QED) is 0.0328. The number of likely N-dealkylation sites (tertiary alicyclic amines) is 1. The lowest BCUT2D eigenvalue weighted by Gasteiger charge is -2.35. The molecule has 20 heteroatoms. The number of thioether (sulfide) groups is 1. The summed E-state index contributed by atoms with van der Waals surface area (Å²) in [5.74, 6) is -0.816. The molecule has 1 saturated heterocycles. The van der Waals surface area contributed by atoms with Crippen LogP contribution in [0.2, 0.25) is 0 Å². The zero-order valence-corrected chi connectivity index (χ0v) is 38.4. The van der Waals surface area contributed by atoms with Crippen molar-refractivity contribution in [2.24, 2.45) is 11.1 Å². The number of nitrogens with one attached hydrogen (secondary N) is 3. The normalized spacial score (nSPS) is 16.2. The van der Waals surface area contributed by atoms with Crippen molar-refractivity contribution in [3.8, 4) is 10.4 Å². The first kappa shape index (κ1) is 48.4. The minimum absolute atomic E-state index is 0.00605. The molecular formula is C44H58N10O8S2. The van der Waals surface area contributed by atoms with E-state index in [1.54, 1.807) is 11.3 Å². The lowest BCUT2D eigenvalue weighted by atomic mass is 9.85. The number of thiazole rings is 1. The summed E-state index contributed by atoms with van der Waals surface area (Å²) in [5.41, 5.74) is 11.6. The van der Waals surface area contributed by atoms with E-state index in [0.717, 1.165) is 38.3 Å². The summed E-state index contributed by atoms with van der Waals surface area (Å²) >= 11 is 2.90. The van der Waals surface area contributed by atoms with Crippen molar-refractivity contribution < 1.29 is 38.8 Å². The lowest BCUT2D eigenvalue weighted by molar-refractivity contribution is -0.144. The number of carbonyl (C=O) groups is 3. The summed E-state index contributed by atoms with van der Waals surface area (Å²) in [5, 5.41) is 39.0. The molecule has 1 aliphatic rings. The van der Waals surface area contributed by atoms with Gasteiger partial charge in [-0.15, -0.1) is 21.5 Å². The number of fused-ring (bicyclic) bond motifs is 1. The van der Waals surface area contributed by atoms with Gasteiger partial charge in [-0.05, 0) is 47.9 Å². The van der Waals surface area contributed by atoms with E-state index in [-0.39, 0.29) is 56.7 Å². The molecule has 0 spiro atoms. The number of amides is 3. The number of anilines is 2. The number of rotatable bonds is 22.